The third kappa shape index (κ3) is 3.03. The molecule has 0 saturated carbocycles. The summed E-state index contributed by atoms with van der Waals surface area (Å²) in [6.07, 6.45) is 2.12. The first kappa shape index (κ1) is 15.0. The number of ether oxygens (including phenoxy) is 1. The molecule has 1 saturated heterocycles. The first-order valence-electron chi connectivity index (χ1n) is 7.41. The second-order valence-corrected chi connectivity index (χ2v) is 5.74. The fourth-order valence-corrected chi connectivity index (χ4v) is 2.61. The van der Waals surface area contributed by atoms with E-state index in [0.717, 1.165) is 49.1 Å². The fraction of sp³-hybridized carbons (Fsp3) is 0.733. The molecule has 1 N–H and O–H groups in total. The highest BCUT2D eigenvalue weighted by Gasteiger charge is 2.23. The van der Waals surface area contributed by atoms with Gasteiger partial charge in [0.25, 0.3) is 0 Å². The Kier molecular flexibility index (Phi) is 4.81. The second kappa shape index (κ2) is 6.39. The Balaban J connectivity index is 2.35. The van der Waals surface area contributed by atoms with Crippen molar-refractivity contribution in [3.05, 3.63) is 11.4 Å². The summed E-state index contributed by atoms with van der Waals surface area (Å²) in [6, 6.07) is 0.502. The summed E-state index contributed by atoms with van der Waals surface area (Å²) in [5, 5.41) is 3.19. The van der Waals surface area contributed by atoms with Gasteiger partial charge in [0.05, 0.1) is 0 Å². The van der Waals surface area contributed by atoms with Crippen LogP contribution in [0.15, 0.2) is 0 Å². The summed E-state index contributed by atoms with van der Waals surface area (Å²) < 4.78 is 5.45. The Morgan fingerprint density at radius 2 is 1.90 bits per heavy atom. The van der Waals surface area contributed by atoms with E-state index in [1.165, 1.54) is 0 Å². The molecule has 5 nitrogen and oxygen atoms in total. The Hall–Kier alpha value is -1.36. The van der Waals surface area contributed by atoms with Crippen molar-refractivity contribution < 1.29 is 4.74 Å². The molecule has 0 amide bonds. The zero-order valence-electron chi connectivity index (χ0n) is 13.2. The molecule has 2 rings (SSSR count). The molecule has 1 aromatic heterocycles. The highest BCUT2D eigenvalue weighted by Crippen LogP contribution is 2.28. The summed E-state index contributed by atoms with van der Waals surface area (Å²) in [4.78, 5) is 11.7. The van der Waals surface area contributed by atoms with Gasteiger partial charge >= 0.3 is 0 Å². The van der Waals surface area contributed by atoms with Crippen LogP contribution in [0.4, 0.5) is 11.6 Å². The van der Waals surface area contributed by atoms with Gasteiger partial charge in [0.15, 0.2) is 0 Å². The maximum Gasteiger partial charge on any atom is 0.137 e. The molecule has 0 bridgehead atoms. The van der Waals surface area contributed by atoms with Crippen molar-refractivity contribution in [1.82, 2.24) is 9.97 Å². The van der Waals surface area contributed by atoms with Crippen molar-refractivity contribution in [3.8, 4) is 0 Å². The van der Waals surface area contributed by atoms with Crippen LogP contribution in [-0.4, -0.2) is 43.3 Å². The molecule has 1 aliphatic heterocycles. The molecule has 0 aromatic carbocycles. The highest BCUT2D eigenvalue weighted by molar-refractivity contribution is 5.58. The van der Waals surface area contributed by atoms with E-state index < -0.39 is 0 Å². The average Bonchev–Trinajstić information content (AvgIpc) is 2.47. The van der Waals surface area contributed by atoms with Crippen LogP contribution in [0, 0.1) is 6.92 Å². The van der Waals surface area contributed by atoms with Gasteiger partial charge in [-0.05, 0) is 19.8 Å². The van der Waals surface area contributed by atoms with Crippen LogP contribution in [0.2, 0.25) is 0 Å². The molecule has 1 aliphatic rings. The van der Waals surface area contributed by atoms with E-state index in [1.54, 1.807) is 0 Å². The molecule has 0 radical (unpaired) electrons. The summed E-state index contributed by atoms with van der Waals surface area (Å²) in [5.74, 6) is 3.19. The predicted octanol–water partition coefficient (Wildman–Crippen LogP) is 2.57. The Labute approximate surface area is 121 Å². The van der Waals surface area contributed by atoms with Crippen LogP contribution in [0.1, 0.15) is 44.0 Å². The molecule has 5 heteroatoms. The minimum atomic E-state index is 0.324. The highest BCUT2D eigenvalue weighted by atomic mass is 16.5. The zero-order chi connectivity index (χ0) is 14.7. The van der Waals surface area contributed by atoms with Crippen LogP contribution >= 0.6 is 0 Å². The molecule has 20 heavy (non-hydrogen) atoms. The molecule has 2 heterocycles. The van der Waals surface area contributed by atoms with E-state index in [2.05, 4.69) is 43.0 Å². The van der Waals surface area contributed by atoms with Gasteiger partial charge in [0.2, 0.25) is 0 Å². The van der Waals surface area contributed by atoms with Crippen molar-refractivity contribution in [3.63, 3.8) is 0 Å². The lowest BCUT2D eigenvalue weighted by molar-refractivity contribution is 0.0853. The lowest BCUT2D eigenvalue weighted by Crippen LogP contribution is -2.37. The maximum absolute atomic E-state index is 5.45. The van der Waals surface area contributed by atoms with Crippen molar-refractivity contribution >= 4 is 11.6 Å². The Bertz CT molecular complexity index is 455. The number of nitrogens with one attached hydrogen (secondary N) is 1. The number of nitrogens with zero attached hydrogens (tertiary/aromatic N) is 3. The van der Waals surface area contributed by atoms with Gasteiger partial charge in [0.1, 0.15) is 17.5 Å². The SMILES string of the molecule is CNc1nc(C(C)C)nc(N(C)C2CCOCC2)c1C. The topological polar surface area (TPSA) is 50.3 Å². The van der Waals surface area contributed by atoms with Crippen LogP contribution in [0.3, 0.4) is 0 Å². The fourth-order valence-electron chi connectivity index (χ4n) is 2.61. The maximum atomic E-state index is 5.45. The Morgan fingerprint density at radius 1 is 1.25 bits per heavy atom. The minimum Gasteiger partial charge on any atom is -0.381 e. The van der Waals surface area contributed by atoms with E-state index in [-0.39, 0.29) is 0 Å². The van der Waals surface area contributed by atoms with E-state index in [4.69, 9.17) is 9.72 Å². The van der Waals surface area contributed by atoms with Crippen molar-refractivity contribution in [2.75, 3.05) is 37.5 Å². The molecular weight excluding hydrogens is 252 g/mol. The molecule has 112 valence electrons. The number of aromatic nitrogens is 2. The van der Waals surface area contributed by atoms with Crippen molar-refractivity contribution in [2.45, 2.75) is 45.6 Å². The van der Waals surface area contributed by atoms with Crippen LogP contribution in [-0.2, 0) is 4.74 Å². The standard InChI is InChI=1S/C15H26N4O/c1-10(2)13-17-14(16-4)11(3)15(18-13)19(5)12-6-8-20-9-7-12/h10,12H,6-9H2,1-5H3,(H,16,17,18). The van der Waals surface area contributed by atoms with E-state index in [1.807, 2.05) is 7.05 Å². The summed E-state index contributed by atoms with van der Waals surface area (Å²) in [5.41, 5.74) is 1.12. The summed E-state index contributed by atoms with van der Waals surface area (Å²) >= 11 is 0. The average molecular weight is 278 g/mol. The Morgan fingerprint density at radius 3 is 2.45 bits per heavy atom. The van der Waals surface area contributed by atoms with E-state index in [0.29, 0.717) is 12.0 Å². The third-order valence-corrected chi connectivity index (χ3v) is 3.96. The van der Waals surface area contributed by atoms with Gasteiger partial charge in [-0.1, -0.05) is 13.8 Å². The van der Waals surface area contributed by atoms with Gasteiger partial charge in [-0.25, -0.2) is 9.97 Å². The quantitative estimate of drug-likeness (QED) is 0.917. The number of rotatable bonds is 4. The van der Waals surface area contributed by atoms with E-state index >= 15 is 0 Å². The third-order valence-electron chi connectivity index (χ3n) is 3.96. The van der Waals surface area contributed by atoms with Gasteiger partial charge in [-0.15, -0.1) is 0 Å². The van der Waals surface area contributed by atoms with Crippen molar-refractivity contribution in [2.24, 2.45) is 0 Å². The number of hydrogen-bond acceptors (Lipinski definition) is 5. The largest absolute Gasteiger partial charge is 0.381 e. The van der Waals surface area contributed by atoms with E-state index in [9.17, 15) is 0 Å². The minimum absolute atomic E-state index is 0.324. The molecule has 0 aliphatic carbocycles. The normalized spacial score (nSPS) is 16.5. The lowest BCUT2D eigenvalue weighted by Gasteiger charge is -2.33. The van der Waals surface area contributed by atoms with Crippen LogP contribution in [0.5, 0.6) is 0 Å². The first-order chi connectivity index (χ1) is 9.54. The van der Waals surface area contributed by atoms with Crippen molar-refractivity contribution in [1.29, 1.82) is 0 Å². The molecule has 1 aromatic rings. The molecule has 0 atom stereocenters. The van der Waals surface area contributed by atoms with Gasteiger partial charge < -0.3 is 15.0 Å². The van der Waals surface area contributed by atoms with Crippen LogP contribution < -0.4 is 10.2 Å². The van der Waals surface area contributed by atoms with Crippen LogP contribution in [0.25, 0.3) is 0 Å². The van der Waals surface area contributed by atoms with Gasteiger partial charge in [-0.3, -0.25) is 0 Å². The molecule has 0 unspecified atom stereocenters. The first-order valence-corrected chi connectivity index (χ1v) is 7.41. The molecule has 0 spiro atoms. The monoisotopic (exact) mass is 278 g/mol. The van der Waals surface area contributed by atoms with Gasteiger partial charge in [-0.2, -0.15) is 0 Å². The molecular formula is C15H26N4O. The summed E-state index contributed by atoms with van der Waals surface area (Å²) in [6.45, 7) is 8.02. The summed E-state index contributed by atoms with van der Waals surface area (Å²) in [7, 11) is 4.05. The predicted molar refractivity (Wildman–Crippen MR) is 82.6 cm³/mol. The zero-order valence-corrected chi connectivity index (χ0v) is 13.2. The number of hydrogen-bond donors (Lipinski definition) is 1. The molecule has 1 fully saturated rings. The van der Waals surface area contributed by atoms with Gasteiger partial charge in [0, 0.05) is 44.8 Å². The number of anilines is 2. The second-order valence-electron chi connectivity index (χ2n) is 5.74. The smallest absolute Gasteiger partial charge is 0.137 e. The lowest BCUT2D eigenvalue weighted by atomic mass is 10.1.